The minimum atomic E-state index is -0.338. The van der Waals surface area contributed by atoms with Gasteiger partial charge >= 0.3 is 0 Å². The van der Waals surface area contributed by atoms with Gasteiger partial charge in [-0.15, -0.1) is 0 Å². The molecule has 0 radical (unpaired) electrons. The van der Waals surface area contributed by atoms with Gasteiger partial charge in [-0.25, -0.2) is 0 Å². The van der Waals surface area contributed by atoms with E-state index >= 15 is 0 Å². The molecule has 2 heterocycles. The van der Waals surface area contributed by atoms with E-state index in [1.54, 1.807) is 4.90 Å². The summed E-state index contributed by atoms with van der Waals surface area (Å²) in [6, 6.07) is 20.9. The third-order valence-corrected chi connectivity index (χ3v) is 6.91. The highest BCUT2D eigenvalue weighted by atomic mass is 35.5. The predicted octanol–water partition coefficient (Wildman–Crippen LogP) is 6.74. The number of fused-ring (bicyclic) bond motifs is 2. The minimum Gasteiger partial charge on any atom is -0.456 e. The van der Waals surface area contributed by atoms with E-state index in [9.17, 15) is 4.79 Å². The Morgan fingerprint density at radius 1 is 1.03 bits per heavy atom. The Kier molecular flexibility index (Phi) is 4.89. The quantitative estimate of drug-likeness (QED) is 0.320. The van der Waals surface area contributed by atoms with E-state index in [0.29, 0.717) is 14.2 Å². The van der Waals surface area contributed by atoms with Crippen molar-refractivity contribution < 1.29 is 9.53 Å². The van der Waals surface area contributed by atoms with Crippen molar-refractivity contribution in [2.75, 3.05) is 0 Å². The molecule has 2 aliphatic rings. The molecule has 1 saturated heterocycles. The zero-order chi connectivity index (χ0) is 20.8. The van der Waals surface area contributed by atoms with Crippen LogP contribution < -0.4 is 4.74 Å². The smallest absolute Gasteiger partial charge is 0.267 e. The van der Waals surface area contributed by atoms with Gasteiger partial charge in [0, 0.05) is 16.1 Å². The number of nitrogens with zero attached hydrogens (tertiary/aromatic N) is 1. The summed E-state index contributed by atoms with van der Waals surface area (Å²) in [5.41, 5.74) is 3.67. The Balaban J connectivity index is 1.63. The van der Waals surface area contributed by atoms with Crippen molar-refractivity contribution in [1.29, 1.82) is 0 Å². The number of hydrogen-bond donors (Lipinski definition) is 0. The summed E-state index contributed by atoms with van der Waals surface area (Å²) < 4.78 is 6.71. The maximum atomic E-state index is 13.5. The van der Waals surface area contributed by atoms with Crippen molar-refractivity contribution in [3.63, 3.8) is 0 Å². The van der Waals surface area contributed by atoms with Gasteiger partial charge in [0.15, 0.2) is 0 Å². The van der Waals surface area contributed by atoms with Gasteiger partial charge in [-0.05, 0) is 36.3 Å². The average Bonchev–Trinajstić information content (AvgIpc) is 3.01. The summed E-state index contributed by atoms with van der Waals surface area (Å²) in [7, 11) is 0. The van der Waals surface area contributed by atoms with Crippen LogP contribution >= 0.6 is 35.6 Å². The third kappa shape index (κ3) is 3.14. The van der Waals surface area contributed by atoms with Gasteiger partial charge in [0.25, 0.3) is 5.91 Å². The molecule has 3 aromatic rings. The zero-order valence-electron chi connectivity index (χ0n) is 16.0. The molecule has 0 N–H and O–H groups in total. The van der Waals surface area contributed by atoms with Crippen LogP contribution in [0.3, 0.4) is 0 Å². The molecule has 0 aliphatic carbocycles. The number of ether oxygens (including phenoxy) is 1. The molecule has 3 nitrogen and oxygen atoms in total. The van der Waals surface area contributed by atoms with Crippen molar-refractivity contribution in [3.8, 4) is 11.5 Å². The monoisotopic (exact) mass is 449 g/mol. The summed E-state index contributed by atoms with van der Waals surface area (Å²) >= 11 is 13.3. The molecule has 6 heteroatoms. The molecule has 30 heavy (non-hydrogen) atoms. The maximum Gasteiger partial charge on any atom is 0.267 e. The number of carbonyl (C=O) groups is 1. The largest absolute Gasteiger partial charge is 0.456 e. The van der Waals surface area contributed by atoms with Crippen LogP contribution in [0.15, 0.2) is 71.6 Å². The number of halogens is 1. The van der Waals surface area contributed by atoms with E-state index < -0.39 is 0 Å². The summed E-state index contributed by atoms with van der Waals surface area (Å²) in [6.07, 6.45) is 1.81. The molecule has 0 unspecified atom stereocenters. The first kappa shape index (κ1) is 19.4. The van der Waals surface area contributed by atoms with Crippen LogP contribution in [0.2, 0.25) is 5.02 Å². The van der Waals surface area contributed by atoms with Crippen LogP contribution in [-0.4, -0.2) is 15.1 Å². The molecule has 0 saturated carbocycles. The zero-order valence-corrected chi connectivity index (χ0v) is 18.4. The van der Waals surface area contributed by atoms with Crippen molar-refractivity contribution in [3.05, 3.63) is 98.9 Å². The van der Waals surface area contributed by atoms with E-state index in [-0.39, 0.29) is 11.9 Å². The van der Waals surface area contributed by atoms with E-state index in [2.05, 4.69) is 0 Å². The van der Waals surface area contributed by atoms with Gasteiger partial charge < -0.3 is 4.74 Å². The molecule has 1 atom stereocenters. The van der Waals surface area contributed by atoms with Crippen molar-refractivity contribution in [1.82, 2.24) is 4.90 Å². The molecule has 0 bridgehead atoms. The van der Waals surface area contributed by atoms with Crippen LogP contribution in [0, 0.1) is 6.92 Å². The summed E-state index contributed by atoms with van der Waals surface area (Å²) in [4.78, 5) is 15.8. The molecule has 1 amide bonds. The lowest BCUT2D eigenvalue weighted by molar-refractivity contribution is -0.123. The average molecular weight is 450 g/mol. The van der Waals surface area contributed by atoms with Gasteiger partial charge in [0.05, 0.1) is 10.9 Å². The van der Waals surface area contributed by atoms with Crippen LogP contribution in [0.4, 0.5) is 0 Å². The predicted molar refractivity (Wildman–Crippen MR) is 126 cm³/mol. The fourth-order valence-corrected chi connectivity index (χ4v) is 5.32. The fourth-order valence-electron chi connectivity index (χ4n) is 3.82. The number of aryl methyl sites for hydroxylation is 1. The van der Waals surface area contributed by atoms with Gasteiger partial charge in [0.1, 0.15) is 15.8 Å². The van der Waals surface area contributed by atoms with Crippen molar-refractivity contribution >= 4 is 51.9 Å². The molecule has 5 rings (SSSR count). The first-order chi connectivity index (χ1) is 14.5. The topological polar surface area (TPSA) is 29.5 Å². The molecule has 1 fully saturated rings. The Bertz CT molecular complexity index is 1240. The SMILES string of the molecule is Cc1cccc2c1Oc1ccccc1[C@H]2N1C(=O)/C(=C/c2ccccc2Cl)SC1=S. The first-order valence-corrected chi connectivity index (χ1v) is 11.0. The van der Waals surface area contributed by atoms with E-state index in [4.69, 9.17) is 28.6 Å². The van der Waals surface area contributed by atoms with E-state index in [0.717, 1.165) is 33.8 Å². The normalized spacial score (nSPS) is 18.9. The number of rotatable bonds is 2. The second-order valence-electron chi connectivity index (χ2n) is 7.11. The van der Waals surface area contributed by atoms with Crippen LogP contribution in [-0.2, 0) is 4.79 Å². The Hall–Kier alpha value is -2.60. The molecule has 0 spiro atoms. The standard InChI is InChI=1S/C24H16ClNO2S2/c1-14-7-6-10-17-21(16-9-3-5-12-19(16)28-22(14)17)26-23(27)20(30-24(26)29)13-15-8-2-4-11-18(15)25/h2-13,21H,1H3/b20-13-/t21-/m1/s1. The maximum absolute atomic E-state index is 13.5. The van der Waals surface area contributed by atoms with Gasteiger partial charge in [-0.3, -0.25) is 9.69 Å². The molecule has 148 valence electrons. The summed E-state index contributed by atoms with van der Waals surface area (Å²) in [6.45, 7) is 2.01. The number of amides is 1. The second-order valence-corrected chi connectivity index (χ2v) is 9.19. The Morgan fingerprint density at radius 2 is 1.77 bits per heavy atom. The van der Waals surface area contributed by atoms with E-state index in [1.165, 1.54) is 11.8 Å². The molecular weight excluding hydrogens is 434 g/mol. The van der Waals surface area contributed by atoms with E-state index in [1.807, 2.05) is 79.7 Å². The number of benzene rings is 3. The molecule has 0 aromatic heterocycles. The lowest BCUT2D eigenvalue weighted by atomic mass is 9.92. The first-order valence-electron chi connectivity index (χ1n) is 9.42. The number of para-hydroxylation sites is 2. The highest BCUT2D eigenvalue weighted by Gasteiger charge is 2.42. The number of thioether (sulfide) groups is 1. The number of thiocarbonyl (C=S) groups is 1. The van der Waals surface area contributed by atoms with Gasteiger partial charge in [0.2, 0.25) is 0 Å². The van der Waals surface area contributed by atoms with Crippen molar-refractivity contribution in [2.24, 2.45) is 0 Å². The number of hydrogen-bond acceptors (Lipinski definition) is 4. The number of carbonyl (C=O) groups excluding carboxylic acids is 1. The second kappa shape index (κ2) is 7.58. The molecule has 2 aliphatic heterocycles. The third-order valence-electron chi connectivity index (χ3n) is 5.24. The van der Waals surface area contributed by atoms with Crippen LogP contribution in [0.5, 0.6) is 11.5 Å². The van der Waals surface area contributed by atoms with Gasteiger partial charge in [-0.1, -0.05) is 90.2 Å². The minimum absolute atomic E-state index is 0.126. The lowest BCUT2D eigenvalue weighted by Crippen LogP contribution is -2.35. The summed E-state index contributed by atoms with van der Waals surface area (Å²) in [5.74, 6) is 1.40. The lowest BCUT2D eigenvalue weighted by Gasteiger charge is -2.34. The highest BCUT2D eigenvalue weighted by Crippen LogP contribution is 2.50. The molecular formula is C24H16ClNO2S2. The van der Waals surface area contributed by atoms with Crippen LogP contribution in [0.25, 0.3) is 6.08 Å². The Labute approximate surface area is 189 Å². The van der Waals surface area contributed by atoms with Gasteiger partial charge in [-0.2, -0.15) is 0 Å². The highest BCUT2D eigenvalue weighted by molar-refractivity contribution is 8.26. The molecule has 3 aromatic carbocycles. The van der Waals surface area contributed by atoms with Crippen LogP contribution in [0.1, 0.15) is 28.3 Å². The summed E-state index contributed by atoms with van der Waals surface area (Å²) in [5, 5.41) is 0.597. The fraction of sp³-hybridized carbons (Fsp3) is 0.0833. The van der Waals surface area contributed by atoms with Crippen molar-refractivity contribution in [2.45, 2.75) is 13.0 Å². The Morgan fingerprint density at radius 3 is 2.60 bits per heavy atom.